The van der Waals surface area contributed by atoms with E-state index in [1.807, 2.05) is 91.1 Å². The van der Waals surface area contributed by atoms with Crippen LogP contribution in [0.25, 0.3) is 0 Å². The Morgan fingerprint density at radius 3 is 1.90 bits per heavy atom. The van der Waals surface area contributed by atoms with Gasteiger partial charge in [-0.3, -0.25) is 14.5 Å². The van der Waals surface area contributed by atoms with Crippen molar-refractivity contribution in [1.29, 1.82) is 0 Å². The summed E-state index contributed by atoms with van der Waals surface area (Å²) in [4.78, 5) is 48.9. The van der Waals surface area contributed by atoms with Gasteiger partial charge in [0, 0.05) is 44.5 Å². The zero-order chi connectivity index (χ0) is 42.2. The van der Waals surface area contributed by atoms with Crippen LogP contribution in [0.5, 0.6) is 0 Å². The van der Waals surface area contributed by atoms with Gasteiger partial charge in [0.05, 0.1) is 36.6 Å². The minimum Gasteiger partial charge on any atom is -0.444 e. The number of hydrogen-bond donors (Lipinski definition) is 3. The third-order valence-corrected chi connectivity index (χ3v) is 11.6. The van der Waals surface area contributed by atoms with Crippen molar-refractivity contribution in [2.45, 2.75) is 63.0 Å². The first kappa shape index (κ1) is 44.1. The highest BCUT2D eigenvalue weighted by molar-refractivity contribution is 8.00. The van der Waals surface area contributed by atoms with Gasteiger partial charge in [-0.2, -0.15) is 0 Å². The zero-order valence-electron chi connectivity index (χ0n) is 34.6. The van der Waals surface area contributed by atoms with Crippen LogP contribution < -0.4 is 16.0 Å². The van der Waals surface area contributed by atoms with Gasteiger partial charge in [0.1, 0.15) is 24.4 Å². The fourth-order valence-electron chi connectivity index (χ4n) is 7.01. The summed E-state index contributed by atoms with van der Waals surface area (Å²) in [7, 11) is 0. The number of hydrogen-bond acceptors (Lipinski definition) is 9. The van der Waals surface area contributed by atoms with Gasteiger partial charge >= 0.3 is 6.09 Å². The van der Waals surface area contributed by atoms with Crippen molar-refractivity contribution in [2.24, 2.45) is 0 Å². The number of imidazole rings is 1. The Hall–Kier alpha value is -5.47. The molecule has 3 amide bonds. The van der Waals surface area contributed by atoms with Crippen molar-refractivity contribution < 1.29 is 28.6 Å². The number of thioether (sulfide) groups is 1. The van der Waals surface area contributed by atoms with Crippen LogP contribution in [0.4, 0.5) is 4.79 Å². The molecule has 0 aliphatic carbocycles. The molecule has 316 valence electrons. The normalized spacial score (nSPS) is 14.4. The van der Waals surface area contributed by atoms with E-state index in [1.165, 1.54) is 11.8 Å². The van der Waals surface area contributed by atoms with Crippen LogP contribution in [0, 0.1) is 0 Å². The Morgan fingerprint density at radius 1 is 0.767 bits per heavy atom. The van der Waals surface area contributed by atoms with Crippen LogP contribution in [0.3, 0.4) is 0 Å². The second-order valence-corrected chi connectivity index (χ2v) is 16.9. The van der Waals surface area contributed by atoms with Gasteiger partial charge in [-0.1, -0.05) is 121 Å². The largest absolute Gasteiger partial charge is 0.444 e. The summed E-state index contributed by atoms with van der Waals surface area (Å²) in [6, 6.07) is 38.1. The van der Waals surface area contributed by atoms with Crippen LogP contribution in [-0.2, 0) is 48.3 Å². The van der Waals surface area contributed by atoms with Crippen LogP contribution in [-0.4, -0.2) is 95.2 Å². The molecule has 1 aromatic heterocycles. The molecule has 0 bridgehead atoms. The summed E-state index contributed by atoms with van der Waals surface area (Å²) in [6.45, 7) is 9.89. The van der Waals surface area contributed by atoms with Crippen LogP contribution in [0.15, 0.2) is 134 Å². The van der Waals surface area contributed by atoms with Crippen molar-refractivity contribution in [3.63, 3.8) is 0 Å². The molecule has 1 saturated heterocycles. The van der Waals surface area contributed by atoms with Gasteiger partial charge in [0.2, 0.25) is 11.8 Å². The van der Waals surface area contributed by atoms with Crippen LogP contribution in [0.1, 0.15) is 48.7 Å². The van der Waals surface area contributed by atoms with E-state index in [-0.39, 0.29) is 24.8 Å². The van der Waals surface area contributed by atoms with Crippen LogP contribution >= 0.6 is 11.8 Å². The summed E-state index contributed by atoms with van der Waals surface area (Å²) < 4.78 is 18.1. The molecule has 60 heavy (non-hydrogen) atoms. The van der Waals surface area contributed by atoms with E-state index in [0.29, 0.717) is 38.6 Å². The molecule has 0 radical (unpaired) electrons. The van der Waals surface area contributed by atoms with Gasteiger partial charge in [-0.15, -0.1) is 11.8 Å². The van der Waals surface area contributed by atoms with E-state index in [4.69, 9.17) is 14.2 Å². The maximum atomic E-state index is 14.6. The average molecular weight is 833 g/mol. The number of amides is 3. The molecule has 0 saturated carbocycles. The third-order valence-electron chi connectivity index (χ3n) is 9.93. The maximum absolute atomic E-state index is 14.6. The molecule has 13 heteroatoms. The fraction of sp³-hybridized carbons (Fsp3) is 0.362. The molecular formula is C47H56N6O6S. The summed E-state index contributed by atoms with van der Waals surface area (Å²) in [5.74, 6) is -0.763. The molecule has 6 rings (SSSR count). The second kappa shape index (κ2) is 21.7. The van der Waals surface area contributed by atoms with Crippen molar-refractivity contribution in [1.82, 2.24) is 30.4 Å². The fourth-order valence-corrected chi connectivity index (χ4v) is 8.57. The molecule has 4 aromatic carbocycles. The number of benzene rings is 4. The summed E-state index contributed by atoms with van der Waals surface area (Å²) in [5.41, 5.74) is 3.84. The Morgan fingerprint density at radius 2 is 1.33 bits per heavy atom. The minimum atomic E-state index is -1.10. The first-order valence-electron chi connectivity index (χ1n) is 20.4. The summed E-state index contributed by atoms with van der Waals surface area (Å²) in [6.07, 6.45) is 2.82. The van der Waals surface area contributed by atoms with Gasteiger partial charge < -0.3 is 34.7 Å². The number of aromatic nitrogens is 2. The molecule has 12 nitrogen and oxygen atoms in total. The third kappa shape index (κ3) is 12.8. The van der Waals surface area contributed by atoms with Gasteiger partial charge in [-0.25, -0.2) is 9.78 Å². The first-order valence-corrected chi connectivity index (χ1v) is 21.4. The Balaban J connectivity index is 1.26. The highest BCUT2D eigenvalue weighted by atomic mass is 32.2. The molecule has 1 aliphatic rings. The Labute approximate surface area is 357 Å². The molecule has 2 atom stereocenters. The van der Waals surface area contributed by atoms with E-state index in [9.17, 15) is 14.4 Å². The number of ether oxygens (including phenoxy) is 3. The maximum Gasteiger partial charge on any atom is 0.408 e. The van der Waals surface area contributed by atoms with Gasteiger partial charge in [-0.05, 0) is 43.0 Å². The minimum absolute atomic E-state index is 0.106. The smallest absolute Gasteiger partial charge is 0.408 e. The van der Waals surface area contributed by atoms with E-state index in [1.54, 1.807) is 31.7 Å². The lowest BCUT2D eigenvalue weighted by molar-refractivity contribution is -0.129. The molecule has 2 heterocycles. The van der Waals surface area contributed by atoms with Crippen molar-refractivity contribution >= 4 is 29.7 Å². The lowest BCUT2D eigenvalue weighted by Gasteiger charge is -2.36. The number of nitrogens with zero attached hydrogens (tertiary/aromatic N) is 3. The lowest BCUT2D eigenvalue weighted by Crippen LogP contribution is -2.56. The lowest BCUT2D eigenvalue weighted by atomic mass is 9.84. The van der Waals surface area contributed by atoms with Crippen molar-refractivity contribution in [2.75, 3.05) is 45.1 Å². The monoisotopic (exact) mass is 832 g/mol. The van der Waals surface area contributed by atoms with Crippen molar-refractivity contribution in [3.8, 4) is 0 Å². The first-order chi connectivity index (χ1) is 29.1. The molecule has 0 unspecified atom stereocenters. The quantitative estimate of drug-likeness (QED) is 0.0838. The summed E-state index contributed by atoms with van der Waals surface area (Å²) in [5, 5.41) is 8.89. The molecule has 0 spiro atoms. The average Bonchev–Trinajstić information content (AvgIpc) is 3.71. The highest BCUT2D eigenvalue weighted by Gasteiger charge is 2.39. The topological polar surface area (TPSA) is 136 Å². The number of nitrogens with one attached hydrogen (secondary N) is 3. The van der Waals surface area contributed by atoms with Crippen LogP contribution in [0.2, 0.25) is 0 Å². The second-order valence-electron chi connectivity index (χ2n) is 15.6. The predicted octanol–water partition coefficient (Wildman–Crippen LogP) is 6.15. The number of alkyl carbamates (subject to hydrolysis) is 1. The number of carbonyl (C=O) groups excluding carboxylic acids is 3. The van der Waals surface area contributed by atoms with Crippen molar-refractivity contribution in [3.05, 3.63) is 162 Å². The molecular weight excluding hydrogens is 777 g/mol. The van der Waals surface area contributed by atoms with E-state index >= 15 is 0 Å². The SMILES string of the molecule is CC(C)(C)OC(=O)N[C@@H](CSC(c1ccccc1)(c1ccccc1)c1ccccc1)C(=O)N[C@@H](Cc1cn(COCc2ccccc2)cn1)C(=O)NCCN1CCOCC1. The molecule has 5 aromatic rings. The summed E-state index contributed by atoms with van der Waals surface area (Å²) >= 11 is 1.53. The predicted molar refractivity (Wildman–Crippen MR) is 234 cm³/mol. The van der Waals surface area contributed by atoms with E-state index < -0.39 is 34.4 Å². The standard InChI is InChI=1S/C47H56N6O6S/c1-46(2,3)59-45(56)51-42(33-60-47(37-18-10-5-11-19-37,38-20-12-6-13-21-38)39-22-14-7-15-23-39)44(55)50-41(43(54)48-24-25-52-26-28-57-29-27-52)30-40-31-53(34-49-40)35-58-32-36-16-8-4-9-17-36/h4-23,31,34,41-42H,24-30,32-33,35H2,1-3H3,(H,48,54)(H,50,55)(H,51,56)/t41-,42-/m0/s1. The molecule has 1 aliphatic heterocycles. The number of carbonyl (C=O) groups is 3. The Kier molecular flexibility index (Phi) is 15.9. The van der Waals surface area contributed by atoms with E-state index in [0.717, 1.165) is 35.3 Å². The molecule has 3 N–H and O–H groups in total. The number of rotatable bonds is 19. The van der Waals surface area contributed by atoms with Gasteiger partial charge in [0.25, 0.3) is 0 Å². The number of morpholine rings is 1. The molecule has 1 fully saturated rings. The Bertz CT molecular complexity index is 1980. The van der Waals surface area contributed by atoms with E-state index in [2.05, 4.69) is 62.2 Å². The zero-order valence-corrected chi connectivity index (χ0v) is 35.4. The van der Waals surface area contributed by atoms with Gasteiger partial charge in [0.15, 0.2) is 0 Å². The highest BCUT2D eigenvalue weighted by Crippen LogP contribution is 2.48.